The number of aliphatic hydroxyl groups excluding tert-OH is 1. The van der Waals surface area contributed by atoms with Crippen LogP contribution in [0.15, 0.2) is 60.0 Å². The van der Waals surface area contributed by atoms with Crippen molar-refractivity contribution in [2.45, 2.75) is 31.7 Å². The van der Waals surface area contributed by atoms with E-state index in [1.54, 1.807) is 11.3 Å². The molecule has 0 saturated carbocycles. The van der Waals surface area contributed by atoms with Gasteiger partial charge in [0.1, 0.15) is 0 Å². The second-order valence-electron chi connectivity index (χ2n) is 7.34. The van der Waals surface area contributed by atoms with E-state index in [0.29, 0.717) is 6.04 Å². The number of nitrogens with zero attached hydrogens (tertiary/aromatic N) is 2. The van der Waals surface area contributed by atoms with Crippen LogP contribution in [0.25, 0.3) is 11.3 Å². The van der Waals surface area contributed by atoms with Crippen molar-refractivity contribution in [2.24, 2.45) is 0 Å². The summed E-state index contributed by atoms with van der Waals surface area (Å²) >= 11 is 1.62. The molecule has 5 heteroatoms. The minimum absolute atomic E-state index is 0.279. The van der Waals surface area contributed by atoms with Gasteiger partial charge in [-0.15, -0.1) is 11.3 Å². The highest BCUT2D eigenvalue weighted by atomic mass is 32.1. The largest absolute Gasteiger partial charge is 0.395 e. The molecular formula is C23H27N3OS. The average Bonchev–Trinajstić information content (AvgIpc) is 3.22. The predicted molar refractivity (Wildman–Crippen MR) is 117 cm³/mol. The smallest absolute Gasteiger partial charge is 0.187 e. The number of hydrogen-bond acceptors (Lipinski definition) is 5. The number of aliphatic hydroxyl groups is 1. The van der Waals surface area contributed by atoms with E-state index in [2.05, 4.69) is 52.0 Å². The zero-order valence-corrected chi connectivity index (χ0v) is 16.9. The van der Waals surface area contributed by atoms with E-state index in [9.17, 15) is 5.11 Å². The first-order valence-corrected chi connectivity index (χ1v) is 10.9. The molecule has 1 fully saturated rings. The van der Waals surface area contributed by atoms with E-state index < -0.39 is 0 Å². The van der Waals surface area contributed by atoms with Gasteiger partial charge in [0.2, 0.25) is 0 Å². The highest BCUT2D eigenvalue weighted by Crippen LogP contribution is 2.27. The summed E-state index contributed by atoms with van der Waals surface area (Å²) in [5, 5.41) is 16.0. The zero-order valence-electron chi connectivity index (χ0n) is 16.1. The van der Waals surface area contributed by atoms with Crippen LogP contribution < -0.4 is 5.32 Å². The zero-order chi connectivity index (χ0) is 19.2. The monoisotopic (exact) mass is 393 g/mol. The molecule has 2 N–H and O–H groups in total. The van der Waals surface area contributed by atoms with Crippen molar-refractivity contribution < 1.29 is 5.11 Å². The van der Waals surface area contributed by atoms with Crippen molar-refractivity contribution in [2.75, 3.05) is 25.0 Å². The van der Waals surface area contributed by atoms with E-state index in [1.807, 2.05) is 18.2 Å². The molecule has 146 valence electrons. The number of likely N-dealkylation sites (tertiary alicyclic amines) is 1. The molecule has 1 aliphatic rings. The Labute approximate surface area is 170 Å². The number of piperidine rings is 1. The summed E-state index contributed by atoms with van der Waals surface area (Å²) in [6.07, 6.45) is 4.63. The summed E-state index contributed by atoms with van der Waals surface area (Å²) < 4.78 is 0. The van der Waals surface area contributed by atoms with Crippen LogP contribution in [0.2, 0.25) is 0 Å². The van der Waals surface area contributed by atoms with Crippen LogP contribution in [0.4, 0.5) is 10.8 Å². The van der Waals surface area contributed by atoms with Crippen LogP contribution in [0.5, 0.6) is 0 Å². The lowest BCUT2D eigenvalue weighted by atomic mass is 10.0. The molecule has 28 heavy (non-hydrogen) atoms. The lowest BCUT2D eigenvalue weighted by molar-refractivity contribution is 0.0913. The fourth-order valence-electron chi connectivity index (χ4n) is 3.78. The Morgan fingerprint density at radius 2 is 1.89 bits per heavy atom. The number of benzene rings is 2. The fourth-order valence-corrected chi connectivity index (χ4v) is 4.52. The van der Waals surface area contributed by atoms with Gasteiger partial charge in [-0.25, -0.2) is 4.98 Å². The molecule has 4 rings (SSSR count). The second-order valence-corrected chi connectivity index (χ2v) is 8.20. The van der Waals surface area contributed by atoms with Gasteiger partial charge in [0, 0.05) is 29.2 Å². The van der Waals surface area contributed by atoms with E-state index in [-0.39, 0.29) is 6.61 Å². The SMILES string of the molecule is OC[C@H]1CCCCN1CCc1ccc(Nc2nc(-c3ccccc3)cs2)cc1. The van der Waals surface area contributed by atoms with Crippen LogP contribution in [0, 0.1) is 0 Å². The number of rotatable bonds is 7. The molecule has 0 amide bonds. The summed E-state index contributed by atoms with van der Waals surface area (Å²) in [6, 6.07) is 19.2. The van der Waals surface area contributed by atoms with Crippen molar-refractivity contribution >= 4 is 22.2 Å². The minimum atomic E-state index is 0.279. The first kappa shape index (κ1) is 19.1. The average molecular weight is 394 g/mol. The summed E-state index contributed by atoms with van der Waals surface area (Å²) in [5.41, 5.74) is 4.53. The fraction of sp³-hybridized carbons (Fsp3) is 0.348. The van der Waals surface area contributed by atoms with Gasteiger partial charge in [-0.3, -0.25) is 4.90 Å². The normalized spacial score (nSPS) is 17.5. The first-order valence-electron chi connectivity index (χ1n) is 10.0. The van der Waals surface area contributed by atoms with Gasteiger partial charge in [0.15, 0.2) is 5.13 Å². The van der Waals surface area contributed by atoms with Crippen LogP contribution in [0.1, 0.15) is 24.8 Å². The number of anilines is 2. The standard InChI is InChI=1S/C23H27N3OS/c27-16-21-8-4-5-14-26(21)15-13-18-9-11-20(12-10-18)24-23-25-22(17-28-23)19-6-2-1-3-7-19/h1-3,6-7,9-12,17,21,27H,4-5,8,13-16H2,(H,24,25)/t21-/m1/s1. The Kier molecular flexibility index (Phi) is 6.37. The number of hydrogen-bond donors (Lipinski definition) is 2. The molecule has 0 spiro atoms. The van der Waals surface area contributed by atoms with Crippen molar-refractivity contribution in [3.8, 4) is 11.3 Å². The van der Waals surface area contributed by atoms with Crippen LogP contribution in [-0.2, 0) is 6.42 Å². The maximum absolute atomic E-state index is 9.55. The molecule has 0 unspecified atom stereocenters. The molecule has 1 saturated heterocycles. The molecule has 0 radical (unpaired) electrons. The highest BCUT2D eigenvalue weighted by Gasteiger charge is 2.20. The first-order chi connectivity index (χ1) is 13.8. The molecule has 1 atom stereocenters. The molecule has 1 aliphatic heterocycles. The van der Waals surface area contributed by atoms with Gasteiger partial charge in [-0.2, -0.15) is 0 Å². The van der Waals surface area contributed by atoms with Crippen molar-refractivity contribution in [3.05, 3.63) is 65.5 Å². The third kappa shape index (κ3) is 4.79. The van der Waals surface area contributed by atoms with Gasteiger partial charge >= 0.3 is 0 Å². The molecular weight excluding hydrogens is 366 g/mol. The van der Waals surface area contributed by atoms with Gasteiger partial charge in [0.25, 0.3) is 0 Å². The third-order valence-corrected chi connectivity index (χ3v) is 6.18. The minimum Gasteiger partial charge on any atom is -0.395 e. The van der Waals surface area contributed by atoms with Gasteiger partial charge in [-0.1, -0.05) is 48.9 Å². The maximum atomic E-state index is 9.55. The summed E-state index contributed by atoms with van der Waals surface area (Å²) in [7, 11) is 0. The van der Waals surface area contributed by atoms with E-state index in [4.69, 9.17) is 4.98 Å². The van der Waals surface area contributed by atoms with E-state index in [0.717, 1.165) is 48.0 Å². The van der Waals surface area contributed by atoms with Crippen molar-refractivity contribution in [3.63, 3.8) is 0 Å². The van der Waals surface area contributed by atoms with Gasteiger partial charge < -0.3 is 10.4 Å². The molecule has 4 nitrogen and oxygen atoms in total. The van der Waals surface area contributed by atoms with Crippen LogP contribution >= 0.6 is 11.3 Å². The summed E-state index contributed by atoms with van der Waals surface area (Å²) in [6.45, 7) is 2.41. The van der Waals surface area contributed by atoms with Crippen LogP contribution in [0.3, 0.4) is 0 Å². The maximum Gasteiger partial charge on any atom is 0.187 e. The molecule has 2 heterocycles. The molecule has 1 aromatic heterocycles. The molecule has 3 aromatic rings. The van der Waals surface area contributed by atoms with Gasteiger partial charge in [0.05, 0.1) is 12.3 Å². The third-order valence-electron chi connectivity index (χ3n) is 5.43. The van der Waals surface area contributed by atoms with E-state index >= 15 is 0 Å². The number of thiazole rings is 1. The Morgan fingerprint density at radius 1 is 1.07 bits per heavy atom. The number of nitrogens with one attached hydrogen (secondary N) is 1. The van der Waals surface area contributed by atoms with Crippen LogP contribution in [-0.4, -0.2) is 40.7 Å². The Morgan fingerprint density at radius 3 is 2.68 bits per heavy atom. The quantitative estimate of drug-likeness (QED) is 0.597. The summed E-state index contributed by atoms with van der Waals surface area (Å²) in [4.78, 5) is 7.13. The Balaban J connectivity index is 1.33. The van der Waals surface area contributed by atoms with E-state index in [1.165, 1.54) is 18.4 Å². The van der Waals surface area contributed by atoms with Crippen molar-refractivity contribution in [1.82, 2.24) is 9.88 Å². The molecule has 0 aliphatic carbocycles. The lowest BCUT2D eigenvalue weighted by Gasteiger charge is -2.34. The Bertz CT molecular complexity index is 863. The van der Waals surface area contributed by atoms with Gasteiger partial charge in [-0.05, 0) is 43.5 Å². The molecule has 0 bridgehead atoms. The molecule has 2 aromatic carbocycles. The van der Waals surface area contributed by atoms with Crippen molar-refractivity contribution in [1.29, 1.82) is 0 Å². The second kappa shape index (κ2) is 9.32. The summed E-state index contributed by atoms with van der Waals surface area (Å²) in [5.74, 6) is 0. The topological polar surface area (TPSA) is 48.4 Å². The number of aromatic nitrogens is 1. The Hall–Kier alpha value is -2.21. The highest BCUT2D eigenvalue weighted by molar-refractivity contribution is 7.14. The predicted octanol–water partition coefficient (Wildman–Crippen LogP) is 4.94. The lowest BCUT2D eigenvalue weighted by Crippen LogP contribution is -2.42.